The minimum absolute atomic E-state index is 0.123. The van der Waals surface area contributed by atoms with Crippen LogP contribution in [0, 0.1) is 0 Å². The molecule has 0 saturated carbocycles. The minimum Gasteiger partial charge on any atom is -0.496 e. The zero-order chi connectivity index (χ0) is 10.8. The number of thiophene rings is 1. The van der Waals surface area contributed by atoms with Gasteiger partial charge in [-0.1, -0.05) is 11.2 Å². The van der Waals surface area contributed by atoms with Gasteiger partial charge in [-0.2, -0.15) is 0 Å². The lowest BCUT2D eigenvalue weighted by atomic mass is 10.2. The van der Waals surface area contributed by atoms with E-state index in [2.05, 4.69) is 5.16 Å². The number of hydrogen-bond acceptors (Lipinski definition) is 4. The van der Waals surface area contributed by atoms with Crippen LogP contribution < -0.4 is 10.5 Å². The minimum atomic E-state index is 0.123. The Morgan fingerprint density at radius 1 is 1.53 bits per heavy atom. The van der Waals surface area contributed by atoms with Crippen LogP contribution in [0.2, 0.25) is 0 Å². The van der Waals surface area contributed by atoms with Crippen LogP contribution >= 0.6 is 11.3 Å². The Balaban J connectivity index is 2.65. The largest absolute Gasteiger partial charge is 0.496 e. The molecule has 0 aliphatic rings. The smallest absolute Gasteiger partial charge is 0.180 e. The van der Waals surface area contributed by atoms with Crippen LogP contribution in [0.25, 0.3) is 10.1 Å². The number of oxime groups is 1. The van der Waals surface area contributed by atoms with Crippen molar-refractivity contribution in [2.75, 3.05) is 7.11 Å². The number of amidine groups is 1. The van der Waals surface area contributed by atoms with E-state index in [1.54, 1.807) is 7.11 Å². The standard InChI is InChI=1S/C10H10N2O2S/c1-14-7-3-2-4-8-6(7)5-9(15-8)10(11)12-13/h2-5,13H,1H3,(H2,11,12). The molecule has 5 heteroatoms. The fourth-order valence-electron chi connectivity index (χ4n) is 1.39. The monoisotopic (exact) mass is 222 g/mol. The average Bonchev–Trinajstić information content (AvgIpc) is 2.71. The summed E-state index contributed by atoms with van der Waals surface area (Å²) in [5.74, 6) is 0.916. The highest BCUT2D eigenvalue weighted by Gasteiger charge is 2.08. The molecule has 2 aromatic rings. The molecule has 1 aromatic heterocycles. The van der Waals surface area contributed by atoms with Gasteiger partial charge in [0.25, 0.3) is 0 Å². The maximum atomic E-state index is 8.58. The van der Waals surface area contributed by atoms with E-state index in [1.807, 2.05) is 24.3 Å². The second-order valence-corrected chi connectivity index (χ2v) is 4.05. The molecular weight excluding hydrogens is 212 g/mol. The molecule has 0 aliphatic heterocycles. The van der Waals surface area contributed by atoms with Crippen LogP contribution in [0.5, 0.6) is 5.75 Å². The Morgan fingerprint density at radius 3 is 3.00 bits per heavy atom. The Bertz CT molecular complexity index is 519. The van der Waals surface area contributed by atoms with Crippen molar-refractivity contribution >= 4 is 27.3 Å². The summed E-state index contributed by atoms with van der Waals surface area (Å²) < 4.78 is 6.27. The molecule has 15 heavy (non-hydrogen) atoms. The lowest BCUT2D eigenvalue weighted by Gasteiger charge is -1.99. The van der Waals surface area contributed by atoms with Gasteiger partial charge in [-0.15, -0.1) is 11.3 Å². The van der Waals surface area contributed by atoms with Crippen molar-refractivity contribution in [1.29, 1.82) is 0 Å². The molecule has 78 valence electrons. The summed E-state index contributed by atoms with van der Waals surface area (Å²) in [6.07, 6.45) is 0. The molecule has 0 unspecified atom stereocenters. The van der Waals surface area contributed by atoms with Crippen molar-refractivity contribution < 1.29 is 9.94 Å². The van der Waals surface area contributed by atoms with E-state index in [4.69, 9.17) is 15.7 Å². The van der Waals surface area contributed by atoms with E-state index in [0.717, 1.165) is 20.7 Å². The lowest BCUT2D eigenvalue weighted by Crippen LogP contribution is -2.10. The molecule has 0 radical (unpaired) electrons. The predicted octanol–water partition coefficient (Wildman–Crippen LogP) is 2.00. The van der Waals surface area contributed by atoms with Gasteiger partial charge in [-0.3, -0.25) is 0 Å². The summed E-state index contributed by atoms with van der Waals surface area (Å²) in [5, 5.41) is 12.5. The third kappa shape index (κ3) is 1.61. The highest BCUT2D eigenvalue weighted by Crippen LogP contribution is 2.32. The number of benzene rings is 1. The van der Waals surface area contributed by atoms with Gasteiger partial charge >= 0.3 is 0 Å². The van der Waals surface area contributed by atoms with Gasteiger partial charge in [0.05, 0.1) is 12.0 Å². The summed E-state index contributed by atoms with van der Waals surface area (Å²) in [6.45, 7) is 0. The molecule has 1 heterocycles. The number of methoxy groups -OCH3 is 1. The topological polar surface area (TPSA) is 67.8 Å². The molecular formula is C10H10N2O2S. The molecule has 0 atom stereocenters. The molecule has 0 spiro atoms. The van der Waals surface area contributed by atoms with Crippen molar-refractivity contribution in [2.45, 2.75) is 0 Å². The van der Waals surface area contributed by atoms with Gasteiger partial charge in [0.15, 0.2) is 5.84 Å². The first kappa shape index (κ1) is 9.79. The van der Waals surface area contributed by atoms with E-state index < -0.39 is 0 Å². The number of nitrogens with zero attached hydrogens (tertiary/aromatic N) is 1. The molecule has 0 aliphatic carbocycles. The van der Waals surface area contributed by atoms with E-state index in [1.165, 1.54) is 11.3 Å². The Hall–Kier alpha value is -1.75. The zero-order valence-corrected chi connectivity index (χ0v) is 8.91. The maximum Gasteiger partial charge on any atom is 0.180 e. The SMILES string of the molecule is COc1cccc2sc(C(N)=NO)cc12. The fourth-order valence-corrected chi connectivity index (χ4v) is 2.36. The quantitative estimate of drug-likeness (QED) is 0.353. The van der Waals surface area contributed by atoms with Gasteiger partial charge in [0.1, 0.15) is 5.75 Å². The predicted molar refractivity (Wildman–Crippen MR) is 60.9 cm³/mol. The summed E-state index contributed by atoms with van der Waals surface area (Å²) in [4.78, 5) is 0.733. The molecule has 0 fully saturated rings. The van der Waals surface area contributed by atoms with Gasteiger partial charge in [-0.25, -0.2) is 0 Å². The van der Waals surface area contributed by atoms with Crippen LogP contribution in [0.15, 0.2) is 29.4 Å². The van der Waals surface area contributed by atoms with Crippen LogP contribution in [-0.2, 0) is 0 Å². The van der Waals surface area contributed by atoms with Gasteiger partial charge < -0.3 is 15.7 Å². The summed E-state index contributed by atoms with van der Waals surface area (Å²) in [7, 11) is 1.62. The molecule has 2 rings (SSSR count). The summed E-state index contributed by atoms with van der Waals surface area (Å²) >= 11 is 1.46. The Labute approximate surface area is 90.6 Å². The van der Waals surface area contributed by atoms with Crippen molar-refractivity contribution in [1.82, 2.24) is 0 Å². The van der Waals surface area contributed by atoms with E-state index in [-0.39, 0.29) is 5.84 Å². The average molecular weight is 222 g/mol. The Kier molecular flexibility index (Phi) is 2.47. The first-order valence-electron chi connectivity index (χ1n) is 4.30. The van der Waals surface area contributed by atoms with Crippen LogP contribution in [0.3, 0.4) is 0 Å². The number of ether oxygens (including phenoxy) is 1. The van der Waals surface area contributed by atoms with Gasteiger partial charge in [0, 0.05) is 10.1 Å². The number of fused-ring (bicyclic) bond motifs is 1. The second-order valence-electron chi connectivity index (χ2n) is 2.97. The molecule has 3 N–H and O–H groups in total. The van der Waals surface area contributed by atoms with Crippen LogP contribution in [-0.4, -0.2) is 18.2 Å². The summed E-state index contributed by atoms with van der Waals surface area (Å²) in [5.41, 5.74) is 5.52. The number of rotatable bonds is 2. The zero-order valence-electron chi connectivity index (χ0n) is 8.10. The van der Waals surface area contributed by atoms with E-state index in [9.17, 15) is 0 Å². The Morgan fingerprint density at radius 2 is 2.33 bits per heavy atom. The maximum absolute atomic E-state index is 8.58. The van der Waals surface area contributed by atoms with Crippen molar-refractivity contribution in [3.63, 3.8) is 0 Å². The molecule has 0 saturated heterocycles. The van der Waals surface area contributed by atoms with Crippen molar-refractivity contribution in [3.05, 3.63) is 29.1 Å². The number of hydrogen-bond donors (Lipinski definition) is 2. The first-order valence-corrected chi connectivity index (χ1v) is 5.12. The highest BCUT2D eigenvalue weighted by atomic mass is 32.1. The third-order valence-corrected chi connectivity index (χ3v) is 3.22. The fraction of sp³-hybridized carbons (Fsp3) is 0.100. The third-order valence-electron chi connectivity index (χ3n) is 2.10. The van der Waals surface area contributed by atoms with Crippen molar-refractivity contribution in [3.8, 4) is 5.75 Å². The van der Waals surface area contributed by atoms with Crippen LogP contribution in [0.1, 0.15) is 4.88 Å². The molecule has 0 amide bonds. The highest BCUT2D eigenvalue weighted by molar-refractivity contribution is 7.20. The number of nitrogens with two attached hydrogens (primary N) is 1. The van der Waals surface area contributed by atoms with E-state index >= 15 is 0 Å². The van der Waals surface area contributed by atoms with Gasteiger partial charge in [0.2, 0.25) is 0 Å². The molecule has 0 bridgehead atoms. The summed E-state index contributed by atoms with van der Waals surface area (Å²) in [6, 6.07) is 7.61. The van der Waals surface area contributed by atoms with Gasteiger partial charge in [-0.05, 0) is 18.2 Å². The molecule has 1 aromatic carbocycles. The van der Waals surface area contributed by atoms with E-state index in [0.29, 0.717) is 0 Å². The molecule has 4 nitrogen and oxygen atoms in total. The second kappa shape index (κ2) is 3.78. The van der Waals surface area contributed by atoms with Crippen molar-refractivity contribution in [2.24, 2.45) is 10.9 Å². The van der Waals surface area contributed by atoms with Crippen LogP contribution in [0.4, 0.5) is 0 Å². The lowest BCUT2D eigenvalue weighted by molar-refractivity contribution is 0.319. The first-order chi connectivity index (χ1) is 7.26. The normalized spacial score (nSPS) is 11.9.